The van der Waals surface area contributed by atoms with Crippen molar-refractivity contribution in [1.29, 1.82) is 0 Å². The van der Waals surface area contributed by atoms with Crippen molar-refractivity contribution in [2.45, 2.75) is 26.9 Å². The minimum Gasteiger partial charge on any atom is -0.329 e. The predicted octanol–water partition coefficient (Wildman–Crippen LogP) is 3.41. The number of hydrogen-bond donors (Lipinski definition) is 2. The molecule has 118 valence electrons. The van der Waals surface area contributed by atoms with Crippen molar-refractivity contribution in [2.24, 2.45) is 0 Å². The Morgan fingerprint density at radius 1 is 1.17 bits per heavy atom. The fourth-order valence-electron chi connectivity index (χ4n) is 2.48. The van der Waals surface area contributed by atoms with Gasteiger partial charge >= 0.3 is 0 Å². The van der Waals surface area contributed by atoms with Crippen LogP contribution in [0.3, 0.4) is 0 Å². The average Bonchev–Trinajstić information content (AvgIpc) is 2.97. The van der Waals surface area contributed by atoms with Crippen molar-refractivity contribution in [1.82, 2.24) is 15.3 Å². The molecular formula is C18H19N3OS. The van der Waals surface area contributed by atoms with E-state index in [0.717, 1.165) is 23.4 Å². The van der Waals surface area contributed by atoms with Crippen LogP contribution in [0.25, 0.3) is 10.4 Å². The summed E-state index contributed by atoms with van der Waals surface area (Å²) in [6.45, 7) is 5.29. The second kappa shape index (κ2) is 6.89. The lowest BCUT2D eigenvalue weighted by atomic mass is 10.1. The van der Waals surface area contributed by atoms with E-state index in [4.69, 9.17) is 0 Å². The number of thiazole rings is 1. The molecule has 0 radical (unpaired) electrons. The first-order valence-electron chi connectivity index (χ1n) is 7.52. The molecule has 2 aromatic heterocycles. The molecule has 3 rings (SSSR count). The van der Waals surface area contributed by atoms with E-state index < -0.39 is 0 Å². The molecule has 0 unspecified atom stereocenters. The third-order valence-corrected chi connectivity index (χ3v) is 4.71. The summed E-state index contributed by atoms with van der Waals surface area (Å²) in [5.41, 5.74) is 7.13. The second-order valence-corrected chi connectivity index (χ2v) is 6.45. The Balaban J connectivity index is 1.62. The van der Waals surface area contributed by atoms with Gasteiger partial charge in [-0.05, 0) is 36.6 Å². The summed E-state index contributed by atoms with van der Waals surface area (Å²) in [5.74, 6) is 0. The van der Waals surface area contributed by atoms with Gasteiger partial charge in [-0.15, -0.1) is 11.3 Å². The maximum absolute atomic E-state index is 11.7. The standard InChI is InChI=1S/C18H19N3OS/c1-12-7-16(18(22)20-8-12)10-19-9-14-3-5-15(6-4-14)17-13(2)21-11-23-17/h3-8,11,19H,9-10H2,1-2H3,(H,20,22). The van der Waals surface area contributed by atoms with Crippen LogP contribution in [-0.4, -0.2) is 9.97 Å². The number of aromatic amines is 1. The van der Waals surface area contributed by atoms with E-state index in [0.29, 0.717) is 6.54 Å². The van der Waals surface area contributed by atoms with Crippen molar-refractivity contribution in [2.75, 3.05) is 0 Å². The van der Waals surface area contributed by atoms with Gasteiger partial charge in [-0.25, -0.2) is 4.98 Å². The lowest BCUT2D eigenvalue weighted by Crippen LogP contribution is -2.20. The van der Waals surface area contributed by atoms with Gasteiger partial charge in [0, 0.05) is 24.8 Å². The predicted molar refractivity (Wildman–Crippen MR) is 94.6 cm³/mol. The highest BCUT2D eigenvalue weighted by Gasteiger charge is 2.05. The molecule has 2 heterocycles. The Hall–Kier alpha value is -2.24. The lowest BCUT2D eigenvalue weighted by Gasteiger charge is -2.06. The van der Waals surface area contributed by atoms with Crippen LogP contribution in [0.5, 0.6) is 0 Å². The van der Waals surface area contributed by atoms with E-state index in [1.807, 2.05) is 25.4 Å². The summed E-state index contributed by atoms with van der Waals surface area (Å²) in [7, 11) is 0. The zero-order chi connectivity index (χ0) is 16.2. The van der Waals surface area contributed by atoms with Gasteiger partial charge in [0.05, 0.1) is 16.1 Å². The molecule has 3 aromatic rings. The topological polar surface area (TPSA) is 57.8 Å². The van der Waals surface area contributed by atoms with Crippen molar-refractivity contribution >= 4 is 11.3 Å². The Bertz CT molecular complexity index is 849. The molecule has 4 nitrogen and oxygen atoms in total. The first kappa shape index (κ1) is 15.6. The van der Waals surface area contributed by atoms with Crippen LogP contribution in [-0.2, 0) is 13.1 Å². The first-order valence-corrected chi connectivity index (χ1v) is 8.40. The summed E-state index contributed by atoms with van der Waals surface area (Å²) >= 11 is 1.66. The molecule has 5 heteroatoms. The van der Waals surface area contributed by atoms with Crippen LogP contribution in [0.2, 0.25) is 0 Å². The van der Waals surface area contributed by atoms with E-state index in [1.165, 1.54) is 16.0 Å². The fraction of sp³-hybridized carbons (Fsp3) is 0.222. The van der Waals surface area contributed by atoms with Crippen LogP contribution in [0.1, 0.15) is 22.4 Å². The van der Waals surface area contributed by atoms with Gasteiger partial charge in [0.1, 0.15) is 0 Å². The summed E-state index contributed by atoms with van der Waals surface area (Å²) in [6, 6.07) is 10.4. The van der Waals surface area contributed by atoms with Crippen LogP contribution < -0.4 is 10.9 Å². The molecule has 0 bridgehead atoms. The number of rotatable bonds is 5. The molecule has 0 aliphatic heterocycles. The smallest absolute Gasteiger partial charge is 0.252 e. The van der Waals surface area contributed by atoms with E-state index in [-0.39, 0.29) is 5.56 Å². The third-order valence-electron chi connectivity index (χ3n) is 3.73. The quantitative estimate of drug-likeness (QED) is 0.756. The molecule has 0 saturated heterocycles. The molecule has 1 aromatic carbocycles. The van der Waals surface area contributed by atoms with E-state index in [9.17, 15) is 4.79 Å². The van der Waals surface area contributed by atoms with Gasteiger partial charge in [0.2, 0.25) is 0 Å². The maximum atomic E-state index is 11.7. The normalized spacial score (nSPS) is 10.9. The molecule has 0 amide bonds. The van der Waals surface area contributed by atoms with E-state index in [1.54, 1.807) is 17.5 Å². The van der Waals surface area contributed by atoms with Crippen molar-refractivity contribution in [3.63, 3.8) is 0 Å². The van der Waals surface area contributed by atoms with Gasteiger partial charge in [0.25, 0.3) is 5.56 Å². The number of H-pyrrole nitrogens is 1. The van der Waals surface area contributed by atoms with Crippen molar-refractivity contribution in [3.8, 4) is 10.4 Å². The highest BCUT2D eigenvalue weighted by molar-refractivity contribution is 7.13. The molecule has 0 saturated carbocycles. The summed E-state index contributed by atoms with van der Waals surface area (Å²) in [4.78, 5) is 20.0. The number of benzene rings is 1. The maximum Gasteiger partial charge on any atom is 0.252 e. The minimum absolute atomic E-state index is 0.0286. The van der Waals surface area contributed by atoms with Crippen molar-refractivity contribution in [3.05, 3.63) is 74.8 Å². The number of nitrogens with zero attached hydrogens (tertiary/aromatic N) is 1. The second-order valence-electron chi connectivity index (χ2n) is 5.60. The number of aromatic nitrogens is 2. The molecule has 0 atom stereocenters. The van der Waals surface area contributed by atoms with Gasteiger partial charge in [0.15, 0.2) is 0 Å². The molecule has 0 spiro atoms. The van der Waals surface area contributed by atoms with E-state index in [2.05, 4.69) is 39.6 Å². The molecule has 0 aliphatic rings. The minimum atomic E-state index is -0.0286. The van der Waals surface area contributed by atoms with Crippen LogP contribution in [0.15, 0.2) is 46.8 Å². The first-order chi connectivity index (χ1) is 11.1. The van der Waals surface area contributed by atoms with Crippen LogP contribution >= 0.6 is 11.3 Å². The monoisotopic (exact) mass is 325 g/mol. The number of nitrogens with one attached hydrogen (secondary N) is 2. The van der Waals surface area contributed by atoms with Gasteiger partial charge in [-0.3, -0.25) is 4.79 Å². The summed E-state index contributed by atoms with van der Waals surface area (Å²) in [6.07, 6.45) is 1.73. The summed E-state index contributed by atoms with van der Waals surface area (Å²) < 4.78 is 0. The molecule has 0 fully saturated rings. The molecular weight excluding hydrogens is 306 g/mol. The zero-order valence-electron chi connectivity index (χ0n) is 13.2. The lowest BCUT2D eigenvalue weighted by molar-refractivity contribution is 0.687. The SMILES string of the molecule is Cc1c[nH]c(=O)c(CNCc2ccc(-c3scnc3C)cc2)c1. The Morgan fingerprint density at radius 2 is 1.96 bits per heavy atom. The average molecular weight is 325 g/mol. The highest BCUT2D eigenvalue weighted by Crippen LogP contribution is 2.27. The summed E-state index contributed by atoms with van der Waals surface area (Å²) in [5, 5.41) is 3.32. The van der Waals surface area contributed by atoms with Crippen LogP contribution in [0, 0.1) is 13.8 Å². The van der Waals surface area contributed by atoms with Crippen molar-refractivity contribution < 1.29 is 0 Å². The Kier molecular flexibility index (Phi) is 4.69. The van der Waals surface area contributed by atoms with E-state index >= 15 is 0 Å². The number of hydrogen-bond acceptors (Lipinski definition) is 4. The van der Waals surface area contributed by atoms with Gasteiger partial charge in [-0.1, -0.05) is 24.3 Å². The Labute approximate surface area is 139 Å². The number of aryl methyl sites for hydroxylation is 2. The van der Waals surface area contributed by atoms with Crippen LogP contribution in [0.4, 0.5) is 0 Å². The fourth-order valence-corrected chi connectivity index (χ4v) is 3.29. The Morgan fingerprint density at radius 3 is 2.65 bits per heavy atom. The molecule has 2 N–H and O–H groups in total. The molecule has 23 heavy (non-hydrogen) atoms. The zero-order valence-corrected chi connectivity index (χ0v) is 14.0. The van der Waals surface area contributed by atoms with Gasteiger partial charge in [-0.2, -0.15) is 0 Å². The molecule has 0 aliphatic carbocycles. The number of pyridine rings is 1. The third kappa shape index (κ3) is 3.75. The largest absolute Gasteiger partial charge is 0.329 e. The highest BCUT2D eigenvalue weighted by atomic mass is 32.1. The van der Waals surface area contributed by atoms with Gasteiger partial charge < -0.3 is 10.3 Å².